The van der Waals surface area contributed by atoms with Crippen LogP contribution in [-0.4, -0.2) is 21.1 Å². The summed E-state index contributed by atoms with van der Waals surface area (Å²) in [5.41, 5.74) is 0. The van der Waals surface area contributed by atoms with Crippen LogP contribution in [0.25, 0.3) is 10.8 Å². The van der Waals surface area contributed by atoms with Crippen LogP contribution >= 0.6 is 0 Å². The van der Waals surface area contributed by atoms with E-state index in [9.17, 15) is 0 Å². The molecule has 0 aromatic heterocycles. The lowest BCUT2D eigenvalue weighted by molar-refractivity contribution is 0.295. The lowest BCUT2D eigenvalue weighted by atomic mass is 10.1. The minimum Gasteiger partial charge on any atom is -0.497 e. The molecule has 1 aliphatic heterocycles. The van der Waals surface area contributed by atoms with Gasteiger partial charge in [0.05, 0.1) is 0 Å². The van der Waals surface area contributed by atoms with Gasteiger partial charge < -0.3 is 3.79 Å². The first kappa shape index (κ1) is 10.4. The zero-order valence-corrected chi connectivity index (χ0v) is 10.5. The lowest BCUT2D eigenvalue weighted by Crippen LogP contribution is -2.36. The fourth-order valence-electron chi connectivity index (χ4n) is 2.52. The zero-order valence-electron chi connectivity index (χ0n) is 9.36. The molecule has 16 heavy (non-hydrogen) atoms. The normalized spacial score (nSPS) is 16.6. The van der Waals surface area contributed by atoms with Gasteiger partial charge in [0.1, 0.15) is 0 Å². The standard InChI is InChI=1S/C10H7.C4H8O.Al/c1-2-6-10-8-4-3-7-9(10)5-1;1-2-3-4-5;/h1-7H;1-4H2;/q;-1;+1. The van der Waals surface area contributed by atoms with Crippen molar-refractivity contribution < 1.29 is 3.79 Å². The van der Waals surface area contributed by atoms with Gasteiger partial charge in [-0.2, -0.15) is 0 Å². The first-order valence-electron chi connectivity index (χ1n) is 6.04. The van der Waals surface area contributed by atoms with Crippen molar-refractivity contribution in [2.24, 2.45) is 0 Å². The highest BCUT2D eigenvalue weighted by Gasteiger charge is 2.27. The quantitative estimate of drug-likeness (QED) is 0.679. The molecule has 2 heteroatoms. The summed E-state index contributed by atoms with van der Waals surface area (Å²) < 4.78 is 7.51. The molecular weight excluding hydrogens is 211 g/mol. The number of benzene rings is 2. The highest BCUT2D eigenvalue weighted by Crippen LogP contribution is 2.16. The van der Waals surface area contributed by atoms with Gasteiger partial charge in [0.2, 0.25) is 0 Å². The van der Waals surface area contributed by atoms with Crippen LogP contribution in [0.3, 0.4) is 0 Å². The third-order valence-corrected chi connectivity index (χ3v) is 6.12. The molecule has 2 aromatic carbocycles. The van der Waals surface area contributed by atoms with Crippen LogP contribution < -0.4 is 4.43 Å². The molecule has 0 spiro atoms. The van der Waals surface area contributed by atoms with E-state index < -0.39 is 14.5 Å². The fourth-order valence-corrected chi connectivity index (χ4v) is 5.22. The van der Waals surface area contributed by atoms with E-state index in [0.717, 1.165) is 6.61 Å². The maximum atomic E-state index is 6.01. The highest BCUT2D eigenvalue weighted by molar-refractivity contribution is 6.70. The molecule has 3 rings (SSSR count). The maximum Gasteiger partial charge on any atom is 0.503 e. The van der Waals surface area contributed by atoms with Crippen LogP contribution in [0, 0.1) is 0 Å². The summed E-state index contributed by atoms with van der Waals surface area (Å²) in [6.45, 7) is 0.972. The van der Waals surface area contributed by atoms with E-state index in [2.05, 4.69) is 42.5 Å². The van der Waals surface area contributed by atoms with E-state index >= 15 is 0 Å². The molecule has 0 radical (unpaired) electrons. The second-order valence-electron chi connectivity index (χ2n) is 4.42. The Morgan fingerprint density at radius 3 is 2.69 bits per heavy atom. The summed E-state index contributed by atoms with van der Waals surface area (Å²) >= 11 is -1.13. The smallest absolute Gasteiger partial charge is 0.497 e. The van der Waals surface area contributed by atoms with Crippen molar-refractivity contribution in [3.8, 4) is 0 Å². The fraction of sp³-hybridized carbons (Fsp3) is 0.286. The van der Waals surface area contributed by atoms with Crippen molar-refractivity contribution in [2.45, 2.75) is 18.1 Å². The van der Waals surface area contributed by atoms with Gasteiger partial charge in [-0.3, -0.25) is 0 Å². The third kappa shape index (κ3) is 1.89. The molecule has 0 saturated carbocycles. The van der Waals surface area contributed by atoms with Crippen LogP contribution in [0.2, 0.25) is 5.28 Å². The average Bonchev–Trinajstić information content (AvgIpc) is 2.39. The van der Waals surface area contributed by atoms with Crippen molar-refractivity contribution in [3.63, 3.8) is 0 Å². The van der Waals surface area contributed by atoms with E-state index in [1.807, 2.05) is 0 Å². The van der Waals surface area contributed by atoms with E-state index in [0.29, 0.717) is 0 Å². The Labute approximate surface area is 101 Å². The molecule has 80 valence electrons. The molecule has 0 amide bonds. The minimum atomic E-state index is -1.13. The summed E-state index contributed by atoms with van der Waals surface area (Å²) in [5, 5.41) is 4.05. The molecular formula is C14H15AlO. The molecule has 0 atom stereocenters. The number of fused-ring (bicyclic) bond motifs is 1. The van der Waals surface area contributed by atoms with E-state index in [1.165, 1.54) is 33.3 Å². The van der Waals surface area contributed by atoms with Crippen LogP contribution in [0.1, 0.15) is 12.8 Å². The summed E-state index contributed by atoms with van der Waals surface area (Å²) in [7, 11) is 0. The van der Waals surface area contributed by atoms with Crippen molar-refractivity contribution in [1.82, 2.24) is 0 Å². The number of hydrogen-bond donors (Lipinski definition) is 0. The molecule has 0 N–H and O–H groups in total. The molecule has 1 saturated heterocycles. The molecule has 1 aliphatic rings. The maximum absolute atomic E-state index is 6.01. The first-order valence-corrected chi connectivity index (χ1v) is 7.91. The summed E-state index contributed by atoms with van der Waals surface area (Å²) in [6, 6.07) is 15.3. The first-order chi connectivity index (χ1) is 7.95. The number of hydrogen-bond acceptors (Lipinski definition) is 1. The molecule has 2 aromatic rings. The van der Waals surface area contributed by atoms with E-state index in [4.69, 9.17) is 3.79 Å². The Morgan fingerprint density at radius 2 is 1.81 bits per heavy atom. The molecule has 0 aliphatic carbocycles. The van der Waals surface area contributed by atoms with Gasteiger partial charge in [0.15, 0.2) is 0 Å². The topological polar surface area (TPSA) is 9.23 Å². The van der Waals surface area contributed by atoms with Gasteiger partial charge in [-0.05, 0) is 17.2 Å². The van der Waals surface area contributed by atoms with Crippen LogP contribution in [0.15, 0.2) is 42.5 Å². The molecule has 1 nitrogen and oxygen atoms in total. The molecule has 0 unspecified atom stereocenters. The van der Waals surface area contributed by atoms with Gasteiger partial charge >= 0.3 is 14.5 Å². The van der Waals surface area contributed by atoms with Crippen molar-refractivity contribution in [2.75, 3.05) is 6.61 Å². The summed E-state index contributed by atoms with van der Waals surface area (Å²) in [4.78, 5) is 0. The van der Waals surface area contributed by atoms with Gasteiger partial charge in [-0.15, -0.1) is 0 Å². The molecule has 1 fully saturated rings. The van der Waals surface area contributed by atoms with E-state index in [-0.39, 0.29) is 0 Å². The average molecular weight is 226 g/mol. The minimum absolute atomic E-state index is 0.972. The Hall–Kier alpha value is -0.808. The highest BCUT2D eigenvalue weighted by atomic mass is 27.2. The number of rotatable bonds is 1. The zero-order chi connectivity index (χ0) is 10.8. The van der Waals surface area contributed by atoms with Crippen molar-refractivity contribution in [1.29, 1.82) is 0 Å². The Bertz CT molecular complexity index is 484. The van der Waals surface area contributed by atoms with Gasteiger partial charge in [-0.1, -0.05) is 58.6 Å². The predicted molar refractivity (Wildman–Crippen MR) is 69.3 cm³/mol. The van der Waals surface area contributed by atoms with Gasteiger partial charge in [-0.25, -0.2) is 0 Å². The third-order valence-electron chi connectivity index (χ3n) is 3.35. The van der Waals surface area contributed by atoms with Crippen LogP contribution in [0.4, 0.5) is 0 Å². The van der Waals surface area contributed by atoms with Crippen molar-refractivity contribution >= 4 is 29.7 Å². The molecule has 1 heterocycles. The Morgan fingerprint density at radius 1 is 0.938 bits per heavy atom. The van der Waals surface area contributed by atoms with Crippen LogP contribution in [0.5, 0.6) is 0 Å². The lowest BCUT2D eigenvalue weighted by Gasteiger charge is -2.19. The van der Waals surface area contributed by atoms with Gasteiger partial charge in [0, 0.05) is 6.61 Å². The van der Waals surface area contributed by atoms with E-state index in [1.54, 1.807) is 0 Å². The predicted octanol–water partition coefficient (Wildman–Crippen LogP) is 2.85. The van der Waals surface area contributed by atoms with Crippen LogP contribution in [-0.2, 0) is 3.79 Å². The summed E-state index contributed by atoms with van der Waals surface area (Å²) in [6.07, 6.45) is 2.59. The second kappa shape index (κ2) is 4.59. The molecule has 0 bridgehead atoms. The monoisotopic (exact) mass is 226 g/mol. The Balaban J connectivity index is 2.08. The summed E-state index contributed by atoms with van der Waals surface area (Å²) in [5.74, 6) is 0. The van der Waals surface area contributed by atoms with Crippen molar-refractivity contribution in [3.05, 3.63) is 42.5 Å². The Kier molecular flexibility index (Phi) is 2.97. The second-order valence-corrected chi connectivity index (χ2v) is 6.93. The largest absolute Gasteiger partial charge is 0.503 e. The SMILES string of the molecule is c1ccc2[c]([Al]3[CH2]CCC[O]3)cccc2c1. The van der Waals surface area contributed by atoms with Gasteiger partial charge in [0.25, 0.3) is 0 Å².